The van der Waals surface area contributed by atoms with E-state index in [1.165, 1.54) is 24.1 Å². The summed E-state index contributed by atoms with van der Waals surface area (Å²) >= 11 is 1.92. The Kier molecular flexibility index (Phi) is 5.13. The molecule has 2 aliphatic heterocycles. The molecule has 3 rings (SSSR count). The van der Waals surface area contributed by atoms with E-state index < -0.39 is 0 Å². The molecule has 2 aliphatic rings. The Balaban J connectivity index is 1.62. The van der Waals surface area contributed by atoms with E-state index in [-0.39, 0.29) is 12.1 Å². The van der Waals surface area contributed by atoms with Crippen LogP contribution in [0.15, 0.2) is 24.3 Å². The van der Waals surface area contributed by atoms with E-state index >= 15 is 0 Å². The molecule has 2 fully saturated rings. The molecule has 1 aromatic rings. The highest BCUT2D eigenvalue weighted by atomic mass is 32.2. The second kappa shape index (κ2) is 7.27. The normalized spacial score (nSPS) is 20.0. The number of anilines is 1. The van der Waals surface area contributed by atoms with Gasteiger partial charge in [0.25, 0.3) is 0 Å². The Labute approximate surface area is 137 Å². The third kappa shape index (κ3) is 3.69. The van der Waals surface area contributed by atoms with Crippen LogP contribution in [-0.2, 0) is 0 Å². The SMILES string of the molecule is C[C@@H](NC(=O)N1CCSCC1)c1cccc(N2CCCC2)c1. The molecule has 2 amide bonds. The Morgan fingerprint density at radius 1 is 1.18 bits per heavy atom. The first-order valence-electron chi connectivity index (χ1n) is 8.22. The fourth-order valence-electron chi connectivity index (χ4n) is 3.09. The average molecular weight is 319 g/mol. The van der Waals surface area contributed by atoms with E-state index in [2.05, 4.69) is 41.4 Å². The predicted octanol–water partition coefficient (Wildman–Crippen LogP) is 3.11. The minimum absolute atomic E-state index is 0.0460. The molecule has 0 spiro atoms. The van der Waals surface area contributed by atoms with Gasteiger partial charge in [-0.05, 0) is 37.5 Å². The van der Waals surface area contributed by atoms with Crippen molar-refractivity contribution in [2.45, 2.75) is 25.8 Å². The first-order valence-corrected chi connectivity index (χ1v) is 9.37. The van der Waals surface area contributed by atoms with Gasteiger partial charge >= 0.3 is 6.03 Å². The number of amides is 2. The molecule has 0 aliphatic carbocycles. The molecular weight excluding hydrogens is 294 g/mol. The zero-order valence-corrected chi connectivity index (χ0v) is 14.1. The van der Waals surface area contributed by atoms with Crippen molar-refractivity contribution in [3.8, 4) is 0 Å². The van der Waals surface area contributed by atoms with Crippen molar-refractivity contribution in [3.05, 3.63) is 29.8 Å². The molecule has 2 heterocycles. The maximum Gasteiger partial charge on any atom is 0.317 e. The van der Waals surface area contributed by atoms with Gasteiger partial charge in [-0.3, -0.25) is 0 Å². The maximum atomic E-state index is 12.3. The highest BCUT2D eigenvalue weighted by Gasteiger charge is 2.19. The van der Waals surface area contributed by atoms with E-state index in [1.807, 2.05) is 16.7 Å². The van der Waals surface area contributed by atoms with Gasteiger partial charge in [-0.1, -0.05) is 12.1 Å². The summed E-state index contributed by atoms with van der Waals surface area (Å²) in [7, 11) is 0. The van der Waals surface area contributed by atoms with Gasteiger partial charge in [-0.25, -0.2) is 4.79 Å². The monoisotopic (exact) mass is 319 g/mol. The number of hydrogen-bond donors (Lipinski definition) is 1. The number of thioether (sulfide) groups is 1. The van der Waals surface area contributed by atoms with Crippen molar-refractivity contribution in [2.24, 2.45) is 0 Å². The minimum Gasteiger partial charge on any atom is -0.372 e. The van der Waals surface area contributed by atoms with Crippen molar-refractivity contribution in [1.82, 2.24) is 10.2 Å². The molecule has 2 saturated heterocycles. The number of carbonyl (C=O) groups is 1. The Hall–Kier alpha value is -1.36. The van der Waals surface area contributed by atoms with Gasteiger partial charge in [-0.15, -0.1) is 0 Å². The van der Waals surface area contributed by atoms with Crippen LogP contribution in [0.4, 0.5) is 10.5 Å². The number of nitrogens with one attached hydrogen (secondary N) is 1. The van der Waals surface area contributed by atoms with E-state index in [4.69, 9.17) is 0 Å². The highest BCUT2D eigenvalue weighted by molar-refractivity contribution is 7.99. The minimum atomic E-state index is 0.0460. The van der Waals surface area contributed by atoms with Crippen LogP contribution in [0.1, 0.15) is 31.4 Å². The van der Waals surface area contributed by atoms with Crippen molar-refractivity contribution < 1.29 is 4.79 Å². The van der Waals surface area contributed by atoms with Gasteiger partial charge in [0.15, 0.2) is 0 Å². The standard InChI is InChI=1S/C17H25N3OS/c1-14(18-17(21)20-9-11-22-12-10-20)15-5-4-6-16(13-15)19-7-2-3-8-19/h4-6,13-14H,2-3,7-12H2,1H3,(H,18,21)/t14-/m1/s1. The van der Waals surface area contributed by atoms with Gasteiger partial charge in [-0.2, -0.15) is 11.8 Å². The number of rotatable bonds is 3. The van der Waals surface area contributed by atoms with Crippen LogP contribution in [0, 0.1) is 0 Å². The second-order valence-corrected chi connectivity index (χ2v) is 7.28. The molecule has 1 aromatic carbocycles. The smallest absolute Gasteiger partial charge is 0.317 e. The summed E-state index contributed by atoms with van der Waals surface area (Å²) in [4.78, 5) is 16.7. The summed E-state index contributed by atoms with van der Waals surface area (Å²) in [6.07, 6.45) is 2.56. The van der Waals surface area contributed by atoms with E-state index in [0.29, 0.717) is 0 Å². The van der Waals surface area contributed by atoms with E-state index in [0.717, 1.165) is 37.7 Å². The number of hydrogen-bond acceptors (Lipinski definition) is 3. The molecule has 0 radical (unpaired) electrons. The van der Waals surface area contributed by atoms with Gasteiger partial charge in [0.2, 0.25) is 0 Å². The van der Waals surface area contributed by atoms with Crippen LogP contribution < -0.4 is 10.2 Å². The molecular formula is C17H25N3OS. The molecule has 4 nitrogen and oxygen atoms in total. The number of carbonyl (C=O) groups excluding carboxylic acids is 1. The molecule has 5 heteroatoms. The van der Waals surface area contributed by atoms with Crippen LogP contribution in [0.3, 0.4) is 0 Å². The van der Waals surface area contributed by atoms with Crippen LogP contribution in [0.2, 0.25) is 0 Å². The van der Waals surface area contributed by atoms with Crippen molar-refractivity contribution in [3.63, 3.8) is 0 Å². The average Bonchev–Trinajstić information content (AvgIpc) is 3.10. The largest absolute Gasteiger partial charge is 0.372 e. The summed E-state index contributed by atoms with van der Waals surface area (Å²) < 4.78 is 0. The first kappa shape index (κ1) is 15.5. The fourth-order valence-corrected chi connectivity index (χ4v) is 4.00. The lowest BCUT2D eigenvalue weighted by molar-refractivity contribution is 0.199. The molecule has 22 heavy (non-hydrogen) atoms. The predicted molar refractivity (Wildman–Crippen MR) is 93.7 cm³/mol. The van der Waals surface area contributed by atoms with E-state index in [9.17, 15) is 4.79 Å². The number of urea groups is 1. The second-order valence-electron chi connectivity index (χ2n) is 6.06. The van der Waals surface area contributed by atoms with E-state index in [1.54, 1.807) is 0 Å². The van der Waals surface area contributed by atoms with Crippen LogP contribution in [0.25, 0.3) is 0 Å². The van der Waals surface area contributed by atoms with Crippen molar-refractivity contribution >= 4 is 23.5 Å². The highest BCUT2D eigenvalue weighted by Crippen LogP contribution is 2.24. The first-order chi connectivity index (χ1) is 10.7. The van der Waals surface area contributed by atoms with Crippen LogP contribution >= 0.6 is 11.8 Å². The van der Waals surface area contributed by atoms with Gasteiger partial charge in [0.1, 0.15) is 0 Å². The Bertz CT molecular complexity index is 510. The molecule has 0 aromatic heterocycles. The summed E-state index contributed by atoms with van der Waals surface area (Å²) in [5.74, 6) is 2.10. The lowest BCUT2D eigenvalue weighted by Gasteiger charge is -2.28. The Morgan fingerprint density at radius 3 is 2.64 bits per heavy atom. The molecule has 1 N–H and O–H groups in total. The summed E-state index contributed by atoms with van der Waals surface area (Å²) in [6.45, 7) is 6.08. The number of nitrogens with zero attached hydrogens (tertiary/aromatic N) is 2. The van der Waals surface area contributed by atoms with Crippen LogP contribution in [-0.4, -0.2) is 48.6 Å². The molecule has 0 saturated carbocycles. The number of benzene rings is 1. The lowest BCUT2D eigenvalue weighted by Crippen LogP contribution is -2.45. The fraction of sp³-hybridized carbons (Fsp3) is 0.588. The van der Waals surface area contributed by atoms with Gasteiger partial charge in [0.05, 0.1) is 6.04 Å². The third-order valence-corrected chi connectivity index (χ3v) is 5.42. The molecule has 0 unspecified atom stereocenters. The summed E-state index contributed by atoms with van der Waals surface area (Å²) in [5, 5.41) is 3.14. The molecule has 1 atom stereocenters. The quantitative estimate of drug-likeness (QED) is 0.930. The lowest BCUT2D eigenvalue weighted by atomic mass is 10.1. The Morgan fingerprint density at radius 2 is 1.91 bits per heavy atom. The zero-order valence-electron chi connectivity index (χ0n) is 13.3. The maximum absolute atomic E-state index is 12.3. The topological polar surface area (TPSA) is 35.6 Å². The van der Waals surface area contributed by atoms with Crippen molar-refractivity contribution in [2.75, 3.05) is 42.6 Å². The van der Waals surface area contributed by atoms with Crippen LogP contribution in [0.5, 0.6) is 0 Å². The molecule has 0 bridgehead atoms. The van der Waals surface area contributed by atoms with Crippen molar-refractivity contribution in [1.29, 1.82) is 0 Å². The zero-order chi connectivity index (χ0) is 15.4. The third-order valence-electron chi connectivity index (χ3n) is 4.48. The summed E-state index contributed by atoms with van der Waals surface area (Å²) in [5.41, 5.74) is 2.47. The molecule has 120 valence electrons. The van der Waals surface area contributed by atoms with Gasteiger partial charge < -0.3 is 15.1 Å². The van der Waals surface area contributed by atoms with Gasteiger partial charge in [0, 0.05) is 43.4 Å². The summed E-state index contributed by atoms with van der Waals surface area (Å²) in [6, 6.07) is 8.72.